The molecule has 8 nitrogen and oxygen atoms in total. The molecule has 3 rings (SSSR count). The van der Waals surface area contributed by atoms with Crippen molar-refractivity contribution in [2.75, 3.05) is 33.2 Å². The van der Waals surface area contributed by atoms with E-state index in [1.807, 2.05) is 18.2 Å². The van der Waals surface area contributed by atoms with Gasteiger partial charge >= 0.3 is 0 Å². The highest BCUT2D eigenvalue weighted by atomic mass is 35.5. The molecule has 30 heavy (non-hydrogen) atoms. The maximum atomic E-state index is 12.5. The fourth-order valence-electron chi connectivity index (χ4n) is 3.05. The Morgan fingerprint density at radius 2 is 1.97 bits per heavy atom. The summed E-state index contributed by atoms with van der Waals surface area (Å²) in [6, 6.07) is 11.1. The second kappa shape index (κ2) is 10.6. The number of halogens is 1. The first kappa shape index (κ1) is 21.6. The number of aliphatic imine (C=N–C) groups is 1. The second-order valence-corrected chi connectivity index (χ2v) is 7.25. The van der Waals surface area contributed by atoms with Crippen LogP contribution in [-0.4, -0.2) is 60.9 Å². The summed E-state index contributed by atoms with van der Waals surface area (Å²) in [5.74, 6) is 0.441. The van der Waals surface area contributed by atoms with Crippen molar-refractivity contribution in [1.29, 1.82) is 0 Å². The number of benzene rings is 1. The SMILES string of the molecule is CN=C(NCCc1ccc(Cl)nc1)NCc1ccc(C(=O)N2CCNC(=O)C2)cc1. The molecule has 2 heterocycles. The average Bonchev–Trinajstić information content (AvgIpc) is 2.77. The van der Waals surface area contributed by atoms with Crippen LogP contribution >= 0.6 is 11.6 Å². The fraction of sp³-hybridized carbons (Fsp3) is 0.333. The van der Waals surface area contributed by atoms with Gasteiger partial charge in [0.2, 0.25) is 5.91 Å². The van der Waals surface area contributed by atoms with Gasteiger partial charge in [0.05, 0.1) is 6.54 Å². The highest BCUT2D eigenvalue weighted by molar-refractivity contribution is 6.29. The van der Waals surface area contributed by atoms with Gasteiger partial charge in [-0.25, -0.2) is 4.98 Å². The third kappa shape index (κ3) is 6.18. The summed E-state index contributed by atoms with van der Waals surface area (Å²) in [5, 5.41) is 9.72. The molecule has 1 fully saturated rings. The normalized spacial score (nSPS) is 14.3. The number of hydrogen-bond acceptors (Lipinski definition) is 4. The summed E-state index contributed by atoms with van der Waals surface area (Å²) >= 11 is 5.80. The van der Waals surface area contributed by atoms with E-state index in [1.54, 1.807) is 36.3 Å². The Labute approximate surface area is 180 Å². The van der Waals surface area contributed by atoms with Gasteiger partial charge in [-0.15, -0.1) is 0 Å². The first-order valence-electron chi connectivity index (χ1n) is 9.75. The summed E-state index contributed by atoms with van der Waals surface area (Å²) in [6.07, 6.45) is 2.57. The Morgan fingerprint density at radius 3 is 2.63 bits per heavy atom. The number of pyridine rings is 1. The molecule has 9 heteroatoms. The first-order valence-corrected chi connectivity index (χ1v) is 10.1. The number of rotatable bonds is 6. The maximum Gasteiger partial charge on any atom is 0.254 e. The van der Waals surface area contributed by atoms with Gasteiger partial charge in [-0.2, -0.15) is 0 Å². The molecule has 158 valence electrons. The van der Waals surface area contributed by atoms with Crippen LogP contribution in [0.4, 0.5) is 0 Å². The van der Waals surface area contributed by atoms with Crippen LogP contribution in [0.5, 0.6) is 0 Å². The third-order valence-corrected chi connectivity index (χ3v) is 4.93. The minimum atomic E-state index is -0.126. The summed E-state index contributed by atoms with van der Waals surface area (Å²) in [7, 11) is 1.72. The van der Waals surface area contributed by atoms with E-state index in [0.29, 0.717) is 42.9 Å². The molecule has 1 aromatic carbocycles. The van der Waals surface area contributed by atoms with Gasteiger partial charge in [-0.1, -0.05) is 29.8 Å². The standard InChI is InChI=1S/C21H25ClN6O2/c1-23-21(25-9-8-16-4-7-18(22)26-12-16)27-13-15-2-5-17(6-3-15)20(30)28-11-10-24-19(29)14-28/h2-7,12H,8-11,13-14H2,1H3,(H,24,29)(H2,23,25,27). The highest BCUT2D eigenvalue weighted by Gasteiger charge is 2.22. The van der Waals surface area contributed by atoms with Crippen molar-refractivity contribution in [2.45, 2.75) is 13.0 Å². The Kier molecular flexibility index (Phi) is 7.62. The number of carbonyl (C=O) groups excluding carboxylic acids is 2. The predicted octanol–water partition coefficient (Wildman–Crippen LogP) is 1.21. The molecule has 0 aliphatic carbocycles. The van der Waals surface area contributed by atoms with Gasteiger partial charge in [0.15, 0.2) is 5.96 Å². The average molecular weight is 429 g/mol. The van der Waals surface area contributed by atoms with Crippen molar-refractivity contribution in [3.05, 3.63) is 64.4 Å². The zero-order valence-corrected chi connectivity index (χ0v) is 17.6. The Morgan fingerprint density at radius 1 is 1.20 bits per heavy atom. The lowest BCUT2D eigenvalue weighted by atomic mass is 10.1. The molecule has 1 aliphatic heterocycles. The fourth-order valence-corrected chi connectivity index (χ4v) is 3.16. The van der Waals surface area contributed by atoms with E-state index in [-0.39, 0.29) is 18.4 Å². The van der Waals surface area contributed by atoms with Crippen molar-refractivity contribution in [3.63, 3.8) is 0 Å². The van der Waals surface area contributed by atoms with Crippen molar-refractivity contribution in [2.24, 2.45) is 4.99 Å². The van der Waals surface area contributed by atoms with Gasteiger partial charge in [-0.05, 0) is 35.7 Å². The van der Waals surface area contributed by atoms with Gasteiger partial charge in [0.1, 0.15) is 5.15 Å². The van der Waals surface area contributed by atoms with Crippen molar-refractivity contribution in [3.8, 4) is 0 Å². The molecule has 2 amide bonds. The largest absolute Gasteiger partial charge is 0.356 e. The summed E-state index contributed by atoms with van der Waals surface area (Å²) in [6.45, 7) is 2.41. The smallest absolute Gasteiger partial charge is 0.254 e. The number of carbonyl (C=O) groups is 2. The number of amides is 2. The molecule has 0 saturated carbocycles. The lowest BCUT2D eigenvalue weighted by Crippen LogP contribution is -2.49. The number of piperazine rings is 1. The minimum absolute atomic E-state index is 0.107. The predicted molar refractivity (Wildman–Crippen MR) is 117 cm³/mol. The molecule has 0 spiro atoms. The van der Waals surface area contributed by atoms with Crippen LogP contribution in [0.1, 0.15) is 21.5 Å². The van der Waals surface area contributed by atoms with Crippen LogP contribution in [0.3, 0.4) is 0 Å². The Bertz CT molecular complexity index is 899. The van der Waals surface area contributed by atoms with E-state index in [4.69, 9.17) is 11.6 Å². The number of guanidine groups is 1. The Hall–Kier alpha value is -3.13. The zero-order valence-electron chi connectivity index (χ0n) is 16.8. The van der Waals surface area contributed by atoms with E-state index >= 15 is 0 Å². The van der Waals surface area contributed by atoms with E-state index in [0.717, 1.165) is 17.5 Å². The monoisotopic (exact) mass is 428 g/mol. The van der Waals surface area contributed by atoms with Gasteiger partial charge in [-0.3, -0.25) is 14.6 Å². The van der Waals surface area contributed by atoms with Gasteiger partial charge in [0, 0.05) is 45.0 Å². The summed E-state index contributed by atoms with van der Waals surface area (Å²) in [5.41, 5.74) is 2.69. The van der Waals surface area contributed by atoms with Gasteiger partial charge in [0.25, 0.3) is 5.91 Å². The number of nitrogens with zero attached hydrogens (tertiary/aromatic N) is 3. The van der Waals surface area contributed by atoms with Crippen LogP contribution in [0, 0.1) is 0 Å². The molecular weight excluding hydrogens is 404 g/mol. The van der Waals surface area contributed by atoms with E-state index in [1.165, 1.54) is 0 Å². The lowest BCUT2D eigenvalue weighted by Gasteiger charge is -2.26. The van der Waals surface area contributed by atoms with Crippen molar-refractivity contribution >= 4 is 29.4 Å². The van der Waals surface area contributed by atoms with E-state index in [2.05, 4.69) is 25.9 Å². The zero-order chi connectivity index (χ0) is 21.3. The van der Waals surface area contributed by atoms with Crippen LogP contribution in [0.25, 0.3) is 0 Å². The molecule has 2 aromatic rings. The molecule has 0 unspecified atom stereocenters. The van der Waals surface area contributed by atoms with E-state index in [9.17, 15) is 9.59 Å². The molecule has 3 N–H and O–H groups in total. The molecule has 0 bridgehead atoms. The molecule has 1 aromatic heterocycles. The Balaban J connectivity index is 1.45. The minimum Gasteiger partial charge on any atom is -0.356 e. The molecule has 0 atom stereocenters. The summed E-state index contributed by atoms with van der Waals surface area (Å²) in [4.78, 5) is 33.8. The third-order valence-electron chi connectivity index (χ3n) is 4.70. The summed E-state index contributed by atoms with van der Waals surface area (Å²) < 4.78 is 0. The van der Waals surface area contributed by atoms with Crippen LogP contribution in [-0.2, 0) is 17.8 Å². The number of aromatic nitrogens is 1. The molecular formula is C21H25ClN6O2. The van der Waals surface area contributed by atoms with Gasteiger partial charge < -0.3 is 20.9 Å². The highest BCUT2D eigenvalue weighted by Crippen LogP contribution is 2.09. The quantitative estimate of drug-likeness (QED) is 0.365. The van der Waals surface area contributed by atoms with Crippen LogP contribution in [0.15, 0.2) is 47.6 Å². The van der Waals surface area contributed by atoms with Crippen molar-refractivity contribution < 1.29 is 9.59 Å². The van der Waals surface area contributed by atoms with Crippen molar-refractivity contribution in [1.82, 2.24) is 25.8 Å². The van der Waals surface area contributed by atoms with Crippen LogP contribution < -0.4 is 16.0 Å². The topological polar surface area (TPSA) is 98.7 Å². The van der Waals surface area contributed by atoms with Crippen LogP contribution in [0.2, 0.25) is 5.15 Å². The molecule has 0 radical (unpaired) electrons. The number of hydrogen-bond donors (Lipinski definition) is 3. The molecule has 1 saturated heterocycles. The molecule has 1 aliphatic rings. The lowest BCUT2D eigenvalue weighted by molar-refractivity contribution is -0.123. The first-order chi connectivity index (χ1) is 14.5. The number of nitrogens with one attached hydrogen (secondary N) is 3. The second-order valence-electron chi connectivity index (χ2n) is 6.87. The maximum absolute atomic E-state index is 12.5. The van der Waals surface area contributed by atoms with E-state index < -0.39 is 0 Å².